The van der Waals surface area contributed by atoms with Crippen molar-refractivity contribution >= 4 is 5.95 Å². The van der Waals surface area contributed by atoms with Crippen LogP contribution in [0, 0.1) is 6.92 Å². The minimum Gasteiger partial charge on any atom is -0.464 e. The van der Waals surface area contributed by atoms with Gasteiger partial charge in [0.15, 0.2) is 0 Å². The van der Waals surface area contributed by atoms with Crippen LogP contribution in [0.2, 0.25) is 0 Å². The van der Waals surface area contributed by atoms with Crippen LogP contribution in [0.15, 0.2) is 35.3 Å². The van der Waals surface area contributed by atoms with Gasteiger partial charge in [-0.05, 0) is 25.5 Å². The van der Waals surface area contributed by atoms with Crippen molar-refractivity contribution in [3.8, 4) is 0 Å². The summed E-state index contributed by atoms with van der Waals surface area (Å²) < 4.78 is 5.94. The third-order valence-electron chi connectivity index (χ3n) is 4.68. The van der Waals surface area contributed by atoms with E-state index < -0.39 is 0 Å². The highest BCUT2D eigenvalue weighted by atomic mass is 16.3. The summed E-state index contributed by atoms with van der Waals surface area (Å²) in [5, 5.41) is 3.21. The molecule has 0 aromatic carbocycles. The van der Waals surface area contributed by atoms with Crippen molar-refractivity contribution in [2.45, 2.75) is 39.3 Å². The number of rotatable bonds is 6. The molecule has 0 bridgehead atoms. The normalized spacial score (nSPS) is 17.2. The minimum atomic E-state index is 0.0107. The van der Waals surface area contributed by atoms with Gasteiger partial charge < -0.3 is 14.7 Å². The smallest absolute Gasteiger partial charge is 0.222 e. The summed E-state index contributed by atoms with van der Waals surface area (Å²) in [6.07, 6.45) is 7.57. The highest BCUT2D eigenvalue weighted by Crippen LogP contribution is 2.35. The van der Waals surface area contributed by atoms with Gasteiger partial charge in [-0.2, -0.15) is 0 Å². The lowest BCUT2D eigenvalue weighted by atomic mass is 10.00. The summed E-state index contributed by atoms with van der Waals surface area (Å²) in [5.74, 6) is 2.53. The van der Waals surface area contributed by atoms with E-state index in [0.29, 0.717) is 5.95 Å². The first-order chi connectivity index (χ1) is 12.7. The zero-order chi connectivity index (χ0) is 17.9. The molecule has 1 atom stereocenters. The van der Waals surface area contributed by atoms with Gasteiger partial charge in [-0.1, -0.05) is 6.92 Å². The quantitative estimate of drug-likeness (QED) is 0.709. The van der Waals surface area contributed by atoms with Crippen molar-refractivity contribution in [3.63, 3.8) is 0 Å². The molecule has 4 heterocycles. The second-order valence-electron chi connectivity index (χ2n) is 6.68. The number of hydrogen-bond acceptors (Lipinski definition) is 6. The van der Waals surface area contributed by atoms with Crippen LogP contribution in [-0.4, -0.2) is 37.9 Å². The Balaban J connectivity index is 1.56. The average Bonchev–Trinajstić information content (AvgIpc) is 3.30. The zero-order valence-electron chi connectivity index (χ0n) is 15.2. The van der Waals surface area contributed by atoms with Gasteiger partial charge in [-0.25, -0.2) is 15.0 Å². The lowest BCUT2D eigenvalue weighted by Crippen LogP contribution is -2.35. The summed E-state index contributed by atoms with van der Waals surface area (Å²) in [6, 6.07) is 4.06. The van der Waals surface area contributed by atoms with Crippen LogP contribution < -0.4 is 5.32 Å². The number of aryl methyl sites for hydroxylation is 1. The summed E-state index contributed by atoms with van der Waals surface area (Å²) in [7, 11) is 0. The Morgan fingerprint density at radius 3 is 2.85 bits per heavy atom. The molecule has 7 heteroatoms. The van der Waals surface area contributed by atoms with E-state index in [2.05, 4.69) is 37.1 Å². The number of aromatic amines is 1. The van der Waals surface area contributed by atoms with Crippen LogP contribution in [0.4, 0.5) is 5.95 Å². The van der Waals surface area contributed by atoms with Gasteiger partial charge in [0.25, 0.3) is 0 Å². The van der Waals surface area contributed by atoms with Crippen molar-refractivity contribution in [1.82, 2.24) is 24.8 Å². The zero-order valence-corrected chi connectivity index (χ0v) is 15.2. The SMILES string of the molecule is CCCNc1ncc(CN2CCc3[nH]cnc3[C@@H]2c2ccc(C)o2)cn1. The number of furan rings is 1. The fraction of sp³-hybridized carbons (Fsp3) is 0.421. The molecule has 0 spiro atoms. The molecule has 0 fully saturated rings. The molecule has 2 N–H and O–H groups in total. The molecule has 3 aromatic rings. The molecular formula is C19H24N6O. The molecule has 1 aliphatic rings. The van der Waals surface area contributed by atoms with Gasteiger partial charge >= 0.3 is 0 Å². The molecule has 3 aromatic heterocycles. The number of nitrogens with one attached hydrogen (secondary N) is 2. The lowest BCUT2D eigenvalue weighted by molar-refractivity contribution is 0.178. The molecule has 1 aliphatic heterocycles. The standard InChI is InChI=1S/C19H24N6O/c1-3-7-20-19-21-9-14(10-22-19)11-25-8-6-15-17(24-12-23-15)18(25)16-5-4-13(2)26-16/h4-5,9-10,12,18H,3,6-8,11H2,1-2H3,(H,23,24)(H,20,21,22)/t18-/m0/s1. The number of H-pyrrole nitrogens is 1. The molecule has 136 valence electrons. The molecular weight excluding hydrogens is 328 g/mol. The van der Waals surface area contributed by atoms with Crippen LogP contribution >= 0.6 is 0 Å². The van der Waals surface area contributed by atoms with Crippen molar-refractivity contribution in [2.75, 3.05) is 18.4 Å². The Morgan fingerprint density at radius 2 is 2.12 bits per heavy atom. The number of anilines is 1. The largest absolute Gasteiger partial charge is 0.464 e. The summed E-state index contributed by atoms with van der Waals surface area (Å²) >= 11 is 0. The maximum Gasteiger partial charge on any atom is 0.222 e. The van der Waals surface area contributed by atoms with Gasteiger partial charge in [0.05, 0.1) is 12.0 Å². The van der Waals surface area contributed by atoms with Crippen LogP contribution in [-0.2, 0) is 13.0 Å². The Kier molecular flexibility index (Phi) is 4.71. The molecule has 0 radical (unpaired) electrons. The average molecular weight is 352 g/mol. The fourth-order valence-corrected chi connectivity index (χ4v) is 3.41. The van der Waals surface area contributed by atoms with E-state index in [-0.39, 0.29) is 6.04 Å². The molecule has 0 amide bonds. The van der Waals surface area contributed by atoms with Crippen LogP contribution in [0.5, 0.6) is 0 Å². The third-order valence-corrected chi connectivity index (χ3v) is 4.68. The first-order valence-electron chi connectivity index (χ1n) is 9.12. The number of fused-ring (bicyclic) bond motifs is 1. The molecule has 0 saturated heterocycles. The predicted molar refractivity (Wildman–Crippen MR) is 98.8 cm³/mol. The monoisotopic (exact) mass is 352 g/mol. The Bertz CT molecular complexity index is 853. The Labute approximate surface area is 152 Å². The second-order valence-corrected chi connectivity index (χ2v) is 6.68. The topological polar surface area (TPSA) is 82.9 Å². The first kappa shape index (κ1) is 16.8. The van der Waals surface area contributed by atoms with Gasteiger partial charge in [-0.15, -0.1) is 0 Å². The maximum atomic E-state index is 5.94. The van der Waals surface area contributed by atoms with E-state index in [1.165, 1.54) is 5.69 Å². The van der Waals surface area contributed by atoms with Crippen LogP contribution in [0.1, 0.15) is 47.9 Å². The number of aromatic nitrogens is 4. The third kappa shape index (κ3) is 3.35. The van der Waals surface area contributed by atoms with E-state index in [0.717, 1.165) is 55.3 Å². The van der Waals surface area contributed by atoms with Crippen LogP contribution in [0.25, 0.3) is 0 Å². The molecule has 0 saturated carbocycles. The fourth-order valence-electron chi connectivity index (χ4n) is 3.41. The summed E-state index contributed by atoms with van der Waals surface area (Å²) in [6.45, 7) is 6.66. The molecule has 7 nitrogen and oxygen atoms in total. The van der Waals surface area contributed by atoms with Crippen molar-refractivity contribution in [1.29, 1.82) is 0 Å². The summed E-state index contributed by atoms with van der Waals surface area (Å²) in [4.78, 5) is 19.1. The van der Waals surface area contributed by atoms with Gasteiger partial charge in [0.1, 0.15) is 17.6 Å². The summed E-state index contributed by atoms with van der Waals surface area (Å²) in [5.41, 5.74) is 3.32. The number of hydrogen-bond donors (Lipinski definition) is 2. The van der Waals surface area contributed by atoms with E-state index in [4.69, 9.17) is 4.42 Å². The van der Waals surface area contributed by atoms with E-state index in [1.807, 2.05) is 31.5 Å². The molecule has 0 unspecified atom stereocenters. The van der Waals surface area contributed by atoms with E-state index >= 15 is 0 Å². The highest BCUT2D eigenvalue weighted by Gasteiger charge is 2.33. The second kappa shape index (κ2) is 7.29. The first-order valence-corrected chi connectivity index (χ1v) is 9.12. The Hall–Kier alpha value is -2.67. The van der Waals surface area contributed by atoms with Crippen molar-refractivity contribution in [3.05, 3.63) is 59.3 Å². The number of imidazole rings is 1. The van der Waals surface area contributed by atoms with Crippen molar-refractivity contribution < 1.29 is 4.42 Å². The van der Waals surface area contributed by atoms with Crippen molar-refractivity contribution in [2.24, 2.45) is 0 Å². The van der Waals surface area contributed by atoms with Crippen LogP contribution in [0.3, 0.4) is 0 Å². The molecule has 4 rings (SSSR count). The molecule has 26 heavy (non-hydrogen) atoms. The maximum absolute atomic E-state index is 5.94. The highest BCUT2D eigenvalue weighted by molar-refractivity contribution is 5.29. The van der Waals surface area contributed by atoms with E-state index in [9.17, 15) is 0 Å². The Morgan fingerprint density at radius 1 is 1.27 bits per heavy atom. The predicted octanol–water partition coefficient (Wildman–Crippen LogP) is 3.07. The minimum absolute atomic E-state index is 0.0107. The van der Waals surface area contributed by atoms with Gasteiger partial charge in [-0.3, -0.25) is 4.90 Å². The van der Waals surface area contributed by atoms with E-state index in [1.54, 1.807) is 6.33 Å². The van der Waals surface area contributed by atoms with Gasteiger partial charge in [0.2, 0.25) is 5.95 Å². The van der Waals surface area contributed by atoms with Gasteiger partial charge in [0, 0.05) is 49.7 Å². The lowest BCUT2D eigenvalue weighted by Gasteiger charge is -2.33. The number of nitrogens with zero attached hydrogens (tertiary/aromatic N) is 4. The molecule has 0 aliphatic carbocycles.